The zero-order valence-electron chi connectivity index (χ0n) is 21.0. The molecule has 0 spiro atoms. The van der Waals surface area contributed by atoms with Crippen LogP contribution in [0.1, 0.15) is 62.4 Å². The van der Waals surface area contributed by atoms with E-state index in [1.54, 1.807) is 17.5 Å². The smallest absolute Gasteiger partial charge is 0.223 e. The highest BCUT2D eigenvalue weighted by Gasteiger charge is 2.59. The summed E-state index contributed by atoms with van der Waals surface area (Å²) in [7, 11) is 0. The lowest BCUT2D eigenvalue weighted by Crippen LogP contribution is -2.58. The summed E-state index contributed by atoms with van der Waals surface area (Å²) in [5.74, 6) is -0.477. The van der Waals surface area contributed by atoms with Gasteiger partial charge in [-0.3, -0.25) is 14.6 Å². The van der Waals surface area contributed by atoms with Crippen molar-refractivity contribution in [3.05, 3.63) is 35.1 Å². The molecule has 36 heavy (non-hydrogen) atoms. The summed E-state index contributed by atoms with van der Waals surface area (Å²) in [5, 5.41) is 22.3. The van der Waals surface area contributed by atoms with Crippen LogP contribution in [-0.4, -0.2) is 62.7 Å². The number of hydrogen-bond acceptors (Lipinski definition) is 7. The predicted molar refractivity (Wildman–Crippen MR) is 137 cm³/mol. The van der Waals surface area contributed by atoms with E-state index in [0.717, 1.165) is 34.0 Å². The number of likely N-dealkylation sites (tertiary alicyclic amines) is 1. The molecule has 4 N–H and O–H groups in total. The Kier molecular flexibility index (Phi) is 6.68. The number of nitrogens with two attached hydrogens (primary N) is 1. The van der Waals surface area contributed by atoms with Crippen molar-refractivity contribution in [3.63, 3.8) is 0 Å². The van der Waals surface area contributed by atoms with E-state index in [4.69, 9.17) is 10.7 Å². The van der Waals surface area contributed by atoms with Gasteiger partial charge in [-0.1, -0.05) is 13.8 Å². The molecule has 9 heteroatoms. The zero-order chi connectivity index (χ0) is 25.7. The number of fused-ring (bicyclic) bond motifs is 2. The van der Waals surface area contributed by atoms with Crippen LogP contribution in [-0.2, 0) is 16.0 Å². The second-order valence-electron chi connectivity index (χ2n) is 11.4. The van der Waals surface area contributed by atoms with E-state index in [1.807, 2.05) is 30.2 Å². The van der Waals surface area contributed by atoms with Gasteiger partial charge in [-0.2, -0.15) is 0 Å². The van der Waals surface area contributed by atoms with Crippen LogP contribution in [0.5, 0.6) is 0 Å². The zero-order valence-corrected chi connectivity index (χ0v) is 21.8. The second kappa shape index (κ2) is 9.50. The highest BCUT2D eigenvalue weighted by Crippen LogP contribution is 2.63. The lowest BCUT2D eigenvalue weighted by Gasteiger charge is -2.58. The van der Waals surface area contributed by atoms with Crippen LogP contribution in [0.2, 0.25) is 0 Å². The Bertz CT molecular complexity index is 1130. The molecule has 5 rings (SSSR count). The number of aromatic nitrogens is 2. The lowest BCUT2D eigenvalue weighted by molar-refractivity contribution is -0.148. The van der Waals surface area contributed by atoms with Crippen LogP contribution < -0.4 is 5.73 Å². The molecule has 0 bridgehead atoms. The maximum Gasteiger partial charge on any atom is 0.223 e. The van der Waals surface area contributed by atoms with Crippen molar-refractivity contribution < 1.29 is 19.8 Å². The van der Waals surface area contributed by atoms with Gasteiger partial charge in [-0.15, -0.1) is 11.3 Å². The highest BCUT2D eigenvalue weighted by molar-refractivity contribution is 7.15. The maximum atomic E-state index is 13.6. The number of pyridine rings is 1. The summed E-state index contributed by atoms with van der Waals surface area (Å²) < 4.78 is 0. The van der Waals surface area contributed by atoms with Gasteiger partial charge in [0.05, 0.1) is 18.4 Å². The monoisotopic (exact) mass is 512 g/mol. The Balaban J connectivity index is 1.50. The first kappa shape index (κ1) is 25.3. The molecule has 2 aromatic heterocycles. The molecule has 2 fully saturated rings. The summed E-state index contributed by atoms with van der Waals surface area (Å²) >= 11 is 1.63. The molecular formula is C27H36N4O4S. The number of aliphatic hydroxyl groups is 2. The summed E-state index contributed by atoms with van der Waals surface area (Å²) in [4.78, 5) is 37.5. The molecule has 1 aliphatic heterocycles. The molecular weight excluding hydrogens is 476 g/mol. The fourth-order valence-corrected chi connectivity index (χ4v) is 8.13. The van der Waals surface area contributed by atoms with Crippen molar-refractivity contribution in [1.82, 2.24) is 14.9 Å². The van der Waals surface area contributed by atoms with Crippen LogP contribution in [0.15, 0.2) is 24.5 Å². The molecule has 1 saturated carbocycles. The van der Waals surface area contributed by atoms with E-state index in [-0.39, 0.29) is 41.6 Å². The van der Waals surface area contributed by atoms with Crippen LogP contribution in [0, 0.1) is 22.7 Å². The first-order valence-corrected chi connectivity index (χ1v) is 13.7. The summed E-state index contributed by atoms with van der Waals surface area (Å²) in [6.07, 6.45) is 6.59. The molecule has 0 aromatic carbocycles. The molecule has 2 aliphatic carbocycles. The Hall–Kier alpha value is -2.36. The van der Waals surface area contributed by atoms with E-state index in [0.29, 0.717) is 38.8 Å². The number of primary amides is 1. The highest BCUT2D eigenvalue weighted by atomic mass is 32.1. The van der Waals surface area contributed by atoms with Gasteiger partial charge in [-0.05, 0) is 55.6 Å². The molecule has 2 aromatic rings. The molecule has 0 unspecified atom stereocenters. The van der Waals surface area contributed by atoms with Gasteiger partial charge < -0.3 is 20.8 Å². The molecule has 0 radical (unpaired) electrons. The quantitative estimate of drug-likeness (QED) is 0.565. The van der Waals surface area contributed by atoms with E-state index < -0.39 is 11.5 Å². The number of amides is 2. The van der Waals surface area contributed by atoms with Crippen molar-refractivity contribution in [2.24, 2.45) is 28.4 Å². The number of thiazole rings is 1. The topological polar surface area (TPSA) is 130 Å². The molecule has 3 heterocycles. The van der Waals surface area contributed by atoms with Gasteiger partial charge in [0.1, 0.15) is 5.01 Å². The number of nitrogens with zero attached hydrogens (tertiary/aromatic N) is 3. The standard InChI is InChI=1S/C27H36N4O4S/c1-26-8-5-21(33)27(2,15-32)20(26)13-19-23(30-25(36-19)17-4-3-9-29-14-17)18(26)12-22(34)31-10-6-16(7-11-31)24(28)35/h3-4,9,14,16,18,20-21,32-33H,5-8,10-13,15H2,1-2H3,(H2,28,35)/t18-,20+,21-,26+,27+/m1/s1. The second-order valence-corrected chi connectivity index (χ2v) is 12.4. The molecule has 8 nitrogen and oxygen atoms in total. The maximum absolute atomic E-state index is 13.6. The average Bonchev–Trinajstić information content (AvgIpc) is 3.32. The summed E-state index contributed by atoms with van der Waals surface area (Å²) in [5.41, 5.74) is 6.49. The van der Waals surface area contributed by atoms with Crippen molar-refractivity contribution in [2.45, 2.75) is 64.4 Å². The first-order chi connectivity index (χ1) is 17.2. The van der Waals surface area contributed by atoms with Crippen LogP contribution >= 0.6 is 11.3 Å². The third-order valence-corrected chi connectivity index (χ3v) is 10.6. The van der Waals surface area contributed by atoms with Crippen LogP contribution in [0.4, 0.5) is 0 Å². The van der Waals surface area contributed by atoms with E-state index in [2.05, 4.69) is 11.9 Å². The van der Waals surface area contributed by atoms with E-state index >= 15 is 0 Å². The Morgan fingerprint density at radius 3 is 2.64 bits per heavy atom. The van der Waals surface area contributed by atoms with Crippen molar-refractivity contribution in [1.29, 1.82) is 0 Å². The molecule has 5 atom stereocenters. The average molecular weight is 513 g/mol. The van der Waals surface area contributed by atoms with Gasteiger partial charge in [0, 0.05) is 59.6 Å². The van der Waals surface area contributed by atoms with Gasteiger partial charge in [0.25, 0.3) is 0 Å². The largest absolute Gasteiger partial charge is 0.396 e. The fraction of sp³-hybridized carbons (Fsp3) is 0.630. The molecule has 194 valence electrons. The molecule has 1 saturated heterocycles. The van der Waals surface area contributed by atoms with Gasteiger partial charge in [-0.25, -0.2) is 4.98 Å². The minimum absolute atomic E-state index is 0.0202. The Morgan fingerprint density at radius 2 is 2.00 bits per heavy atom. The number of piperidine rings is 1. The van der Waals surface area contributed by atoms with Gasteiger partial charge in [0.15, 0.2) is 0 Å². The Labute approximate surface area is 215 Å². The summed E-state index contributed by atoms with van der Waals surface area (Å²) in [6, 6.07) is 3.89. The first-order valence-electron chi connectivity index (χ1n) is 12.9. The van der Waals surface area contributed by atoms with Crippen molar-refractivity contribution in [2.75, 3.05) is 19.7 Å². The summed E-state index contributed by atoms with van der Waals surface area (Å²) in [6.45, 7) is 5.19. The van der Waals surface area contributed by atoms with E-state index in [1.165, 1.54) is 0 Å². The van der Waals surface area contributed by atoms with Crippen LogP contribution in [0.25, 0.3) is 10.6 Å². The SMILES string of the molecule is C[C@]1(CO)[C@H]2Cc3sc(-c4cccnc4)nc3[C@@H](CC(=O)N3CCC(C(N)=O)CC3)[C@]2(C)CC[C@H]1O. The minimum atomic E-state index is -0.649. The Morgan fingerprint density at radius 1 is 1.25 bits per heavy atom. The van der Waals surface area contributed by atoms with E-state index in [9.17, 15) is 19.8 Å². The predicted octanol–water partition coefficient (Wildman–Crippen LogP) is 2.73. The van der Waals surface area contributed by atoms with Crippen molar-refractivity contribution >= 4 is 23.2 Å². The number of carbonyl (C=O) groups excluding carboxylic acids is 2. The van der Waals surface area contributed by atoms with Gasteiger partial charge >= 0.3 is 0 Å². The van der Waals surface area contributed by atoms with Crippen LogP contribution in [0.3, 0.4) is 0 Å². The normalized spacial score (nSPS) is 32.6. The number of hydrogen-bond donors (Lipinski definition) is 3. The minimum Gasteiger partial charge on any atom is -0.396 e. The number of rotatable bonds is 5. The third-order valence-electron chi connectivity index (χ3n) is 9.43. The fourth-order valence-electron chi connectivity index (χ4n) is 6.98. The lowest BCUT2D eigenvalue weighted by atomic mass is 9.47. The molecule has 3 aliphatic rings. The number of aliphatic hydroxyl groups excluding tert-OH is 2. The van der Waals surface area contributed by atoms with Crippen molar-refractivity contribution in [3.8, 4) is 10.6 Å². The van der Waals surface area contributed by atoms with Gasteiger partial charge in [0.2, 0.25) is 11.8 Å². The molecule has 2 amide bonds. The number of carbonyl (C=O) groups is 2. The third kappa shape index (κ3) is 4.15.